The standard InChI is InChI=1S/C21H19N5O3S/c1-3-25-19(28)14-8-4-5-10-16(14)26(21(25)29)12-17(27)24-20-23-13(2)18(30-20)15-9-6-7-11-22-15/h4-11H,3,12H2,1-2H3,(H,23,24,27). The summed E-state index contributed by atoms with van der Waals surface area (Å²) in [5.74, 6) is -0.398. The van der Waals surface area contributed by atoms with Gasteiger partial charge in [-0.3, -0.25) is 23.7 Å². The van der Waals surface area contributed by atoms with Gasteiger partial charge in [-0.05, 0) is 38.1 Å². The second-order valence-electron chi connectivity index (χ2n) is 6.63. The molecule has 0 aliphatic carbocycles. The number of nitrogens with one attached hydrogen (secondary N) is 1. The van der Waals surface area contributed by atoms with Crippen LogP contribution in [-0.2, 0) is 17.9 Å². The van der Waals surface area contributed by atoms with Crippen molar-refractivity contribution < 1.29 is 4.79 Å². The summed E-state index contributed by atoms with van der Waals surface area (Å²) in [6.07, 6.45) is 1.70. The van der Waals surface area contributed by atoms with Gasteiger partial charge in [-0.15, -0.1) is 0 Å². The lowest BCUT2D eigenvalue weighted by Gasteiger charge is -2.12. The van der Waals surface area contributed by atoms with Gasteiger partial charge in [-0.2, -0.15) is 0 Å². The number of nitrogens with zero attached hydrogens (tertiary/aromatic N) is 4. The first-order valence-electron chi connectivity index (χ1n) is 9.40. The molecule has 9 heteroatoms. The number of pyridine rings is 1. The Morgan fingerprint density at radius 3 is 2.60 bits per heavy atom. The number of benzene rings is 1. The lowest BCUT2D eigenvalue weighted by molar-refractivity contribution is -0.116. The van der Waals surface area contributed by atoms with E-state index < -0.39 is 11.6 Å². The van der Waals surface area contributed by atoms with E-state index >= 15 is 0 Å². The maximum atomic E-state index is 12.8. The minimum absolute atomic E-state index is 0.225. The van der Waals surface area contributed by atoms with Crippen molar-refractivity contribution in [2.24, 2.45) is 0 Å². The molecule has 0 atom stereocenters. The van der Waals surface area contributed by atoms with Gasteiger partial charge in [0.25, 0.3) is 5.56 Å². The Kier molecular flexibility index (Phi) is 5.28. The molecule has 4 aromatic rings. The van der Waals surface area contributed by atoms with Gasteiger partial charge in [0.05, 0.1) is 27.2 Å². The number of hydrogen-bond donors (Lipinski definition) is 1. The van der Waals surface area contributed by atoms with E-state index in [0.29, 0.717) is 16.0 Å². The first kappa shape index (κ1) is 19.7. The van der Waals surface area contributed by atoms with Crippen molar-refractivity contribution in [3.05, 3.63) is 75.2 Å². The molecule has 0 radical (unpaired) electrons. The number of para-hydroxylation sites is 1. The van der Waals surface area contributed by atoms with E-state index in [0.717, 1.165) is 20.8 Å². The molecule has 3 aromatic heterocycles. The van der Waals surface area contributed by atoms with Gasteiger partial charge in [-0.1, -0.05) is 29.5 Å². The lowest BCUT2D eigenvalue weighted by atomic mass is 10.2. The number of fused-ring (bicyclic) bond motifs is 1. The van der Waals surface area contributed by atoms with E-state index in [1.165, 1.54) is 15.9 Å². The van der Waals surface area contributed by atoms with E-state index in [1.54, 1.807) is 37.4 Å². The van der Waals surface area contributed by atoms with Crippen LogP contribution in [0.2, 0.25) is 0 Å². The molecule has 8 nitrogen and oxygen atoms in total. The van der Waals surface area contributed by atoms with Crippen LogP contribution in [0.25, 0.3) is 21.5 Å². The summed E-state index contributed by atoms with van der Waals surface area (Å²) in [7, 11) is 0. The number of aromatic nitrogens is 4. The fraction of sp³-hybridized carbons (Fsp3) is 0.190. The van der Waals surface area contributed by atoms with Crippen LogP contribution in [-0.4, -0.2) is 25.0 Å². The molecule has 3 heterocycles. The maximum absolute atomic E-state index is 12.8. The van der Waals surface area contributed by atoms with Gasteiger partial charge < -0.3 is 5.32 Å². The highest BCUT2D eigenvalue weighted by Gasteiger charge is 2.16. The summed E-state index contributed by atoms with van der Waals surface area (Å²) >= 11 is 1.32. The number of carbonyl (C=O) groups is 1. The first-order chi connectivity index (χ1) is 14.5. The van der Waals surface area contributed by atoms with Crippen LogP contribution >= 0.6 is 11.3 Å². The molecule has 1 amide bonds. The minimum atomic E-state index is -0.513. The quantitative estimate of drug-likeness (QED) is 0.534. The molecule has 1 N–H and O–H groups in total. The Morgan fingerprint density at radius 2 is 1.87 bits per heavy atom. The second kappa shape index (κ2) is 8.03. The van der Waals surface area contributed by atoms with Crippen molar-refractivity contribution in [1.29, 1.82) is 0 Å². The summed E-state index contributed by atoms with van der Waals surface area (Å²) in [5.41, 5.74) is 1.10. The van der Waals surface area contributed by atoms with E-state index in [2.05, 4.69) is 15.3 Å². The monoisotopic (exact) mass is 421 g/mol. The van der Waals surface area contributed by atoms with Gasteiger partial charge in [0.2, 0.25) is 5.91 Å². The van der Waals surface area contributed by atoms with Crippen LogP contribution in [0.4, 0.5) is 5.13 Å². The van der Waals surface area contributed by atoms with Gasteiger partial charge >= 0.3 is 5.69 Å². The van der Waals surface area contributed by atoms with Crippen molar-refractivity contribution in [3.8, 4) is 10.6 Å². The predicted octanol–water partition coefficient (Wildman–Crippen LogP) is 2.65. The Morgan fingerprint density at radius 1 is 1.10 bits per heavy atom. The molecule has 152 valence electrons. The zero-order valence-electron chi connectivity index (χ0n) is 16.5. The zero-order valence-corrected chi connectivity index (χ0v) is 17.3. The number of thiazole rings is 1. The third kappa shape index (κ3) is 3.55. The number of hydrogen-bond acceptors (Lipinski definition) is 6. The Hall–Kier alpha value is -3.59. The highest BCUT2D eigenvalue weighted by Crippen LogP contribution is 2.31. The fourth-order valence-electron chi connectivity index (χ4n) is 3.29. The van der Waals surface area contributed by atoms with Crippen LogP contribution in [0, 0.1) is 6.92 Å². The Labute approximate surface area is 175 Å². The molecule has 0 saturated carbocycles. The van der Waals surface area contributed by atoms with Gasteiger partial charge in [0, 0.05) is 12.7 Å². The normalized spacial score (nSPS) is 11.0. The SMILES string of the molecule is CCn1c(=O)c2ccccc2n(CC(=O)Nc2nc(C)c(-c3ccccn3)s2)c1=O. The average Bonchev–Trinajstić information content (AvgIpc) is 3.12. The highest BCUT2D eigenvalue weighted by atomic mass is 32.1. The van der Waals surface area contributed by atoms with Crippen molar-refractivity contribution in [2.75, 3.05) is 5.32 Å². The van der Waals surface area contributed by atoms with Crippen LogP contribution < -0.4 is 16.6 Å². The molecular formula is C21H19N5O3S. The molecule has 1 aromatic carbocycles. The minimum Gasteiger partial charge on any atom is -0.300 e. The molecular weight excluding hydrogens is 402 g/mol. The van der Waals surface area contributed by atoms with Gasteiger partial charge in [0.15, 0.2) is 5.13 Å². The smallest absolute Gasteiger partial charge is 0.300 e. The largest absolute Gasteiger partial charge is 0.331 e. The molecule has 0 spiro atoms. The topological polar surface area (TPSA) is 98.9 Å². The van der Waals surface area contributed by atoms with Gasteiger partial charge in [-0.25, -0.2) is 9.78 Å². The first-order valence-corrected chi connectivity index (χ1v) is 10.2. The zero-order chi connectivity index (χ0) is 21.3. The number of rotatable bonds is 5. The van der Waals surface area contributed by atoms with Crippen LogP contribution in [0.5, 0.6) is 0 Å². The third-order valence-electron chi connectivity index (χ3n) is 4.69. The van der Waals surface area contributed by atoms with Gasteiger partial charge in [0.1, 0.15) is 6.54 Å². The number of carbonyl (C=O) groups excluding carboxylic acids is 1. The number of aryl methyl sites for hydroxylation is 1. The summed E-state index contributed by atoms with van der Waals surface area (Å²) in [5, 5.41) is 3.59. The lowest BCUT2D eigenvalue weighted by Crippen LogP contribution is -2.41. The Bertz CT molecular complexity index is 1350. The van der Waals surface area contributed by atoms with E-state index in [-0.39, 0.29) is 18.6 Å². The van der Waals surface area contributed by atoms with Crippen molar-refractivity contribution >= 4 is 33.3 Å². The van der Waals surface area contributed by atoms with Crippen LogP contribution in [0.1, 0.15) is 12.6 Å². The highest BCUT2D eigenvalue weighted by molar-refractivity contribution is 7.19. The molecule has 0 aliphatic rings. The van der Waals surface area contributed by atoms with Crippen molar-refractivity contribution in [2.45, 2.75) is 26.9 Å². The molecule has 0 fully saturated rings. The molecule has 30 heavy (non-hydrogen) atoms. The molecule has 4 rings (SSSR count). The fourth-order valence-corrected chi connectivity index (χ4v) is 4.25. The third-order valence-corrected chi connectivity index (χ3v) is 5.79. The van der Waals surface area contributed by atoms with Crippen molar-refractivity contribution in [3.63, 3.8) is 0 Å². The predicted molar refractivity (Wildman–Crippen MR) is 117 cm³/mol. The number of amides is 1. The molecule has 0 saturated heterocycles. The van der Waals surface area contributed by atoms with E-state index in [1.807, 2.05) is 25.1 Å². The van der Waals surface area contributed by atoms with E-state index in [4.69, 9.17) is 0 Å². The number of anilines is 1. The maximum Gasteiger partial charge on any atom is 0.331 e. The summed E-state index contributed by atoms with van der Waals surface area (Å²) < 4.78 is 2.44. The average molecular weight is 421 g/mol. The van der Waals surface area contributed by atoms with E-state index in [9.17, 15) is 14.4 Å². The molecule has 0 aliphatic heterocycles. The summed E-state index contributed by atoms with van der Waals surface area (Å²) in [4.78, 5) is 47.6. The second-order valence-corrected chi connectivity index (χ2v) is 7.63. The Balaban J connectivity index is 1.65. The van der Waals surface area contributed by atoms with Crippen molar-refractivity contribution in [1.82, 2.24) is 19.1 Å². The molecule has 0 bridgehead atoms. The van der Waals surface area contributed by atoms with Crippen LogP contribution in [0.15, 0.2) is 58.3 Å². The molecule has 0 unspecified atom stereocenters. The van der Waals surface area contributed by atoms with Crippen LogP contribution in [0.3, 0.4) is 0 Å². The summed E-state index contributed by atoms with van der Waals surface area (Å²) in [6, 6.07) is 12.4. The summed E-state index contributed by atoms with van der Waals surface area (Å²) in [6.45, 7) is 3.57.